The van der Waals surface area contributed by atoms with Crippen molar-refractivity contribution in [3.8, 4) is 5.75 Å². The highest BCUT2D eigenvalue weighted by Crippen LogP contribution is 2.41. The lowest BCUT2D eigenvalue weighted by Crippen LogP contribution is -2.25. The molecule has 1 amide bonds. The molecular weight excluding hydrogens is 340 g/mol. The van der Waals surface area contributed by atoms with E-state index in [1.165, 1.54) is 0 Å². The van der Waals surface area contributed by atoms with Crippen molar-refractivity contribution >= 4 is 5.91 Å². The molecule has 5 nitrogen and oxygen atoms in total. The zero-order valence-electron chi connectivity index (χ0n) is 16.1. The highest BCUT2D eigenvalue weighted by molar-refractivity contribution is 5.95. The van der Waals surface area contributed by atoms with Gasteiger partial charge in [-0.1, -0.05) is 30.9 Å². The van der Waals surface area contributed by atoms with E-state index in [0.29, 0.717) is 31.5 Å². The van der Waals surface area contributed by atoms with E-state index in [4.69, 9.17) is 9.47 Å². The summed E-state index contributed by atoms with van der Waals surface area (Å²) in [5, 5.41) is 6.02. The highest BCUT2D eigenvalue weighted by Gasteiger charge is 2.30. The molecule has 144 valence electrons. The van der Waals surface area contributed by atoms with Crippen LogP contribution in [0.5, 0.6) is 5.75 Å². The van der Waals surface area contributed by atoms with E-state index in [2.05, 4.69) is 17.2 Å². The maximum Gasteiger partial charge on any atom is 0.251 e. The van der Waals surface area contributed by atoms with Gasteiger partial charge < -0.3 is 14.8 Å². The van der Waals surface area contributed by atoms with E-state index in [1.807, 2.05) is 50.4 Å². The number of benzene rings is 1. The summed E-state index contributed by atoms with van der Waals surface area (Å²) in [6, 6.07) is 4.15. The number of nitrogens with one attached hydrogen (secondary N) is 2. The summed E-state index contributed by atoms with van der Waals surface area (Å²) in [5.74, 6) is 0.828. The summed E-state index contributed by atoms with van der Waals surface area (Å²) in [6.45, 7) is 7.54. The Hall–Kier alpha value is -2.37. The Bertz CT molecular complexity index is 763. The molecule has 0 saturated heterocycles. The molecule has 1 saturated carbocycles. The van der Waals surface area contributed by atoms with Crippen molar-refractivity contribution < 1.29 is 14.3 Å². The van der Waals surface area contributed by atoms with Crippen LogP contribution >= 0.6 is 0 Å². The van der Waals surface area contributed by atoms with E-state index >= 15 is 0 Å². The van der Waals surface area contributed by atoms with E-state index in [0.717, 1.165) is 35.3 Å². The summed E-state index contributed by atoms with van der Waals surface area (Å²) >= 11 is 0. The lowest BCUT2D eigenvalue weighted by atomic mass is 9.90. The van der Waals surface area contributed by atoms with Crippen LogP contribution < -0.4 is 15.4 Å². The Balaban J connectivity index is 1.88. The molecule has 2 aliphatic rings. The zero-order chi connectivity index (χ0) is 19.2. The minimum atomic E-state index is -0.0316. The first-order chi connectivity index (χ1) is 13.1. The third-order valence-electron chi connectivity index (χ3n) is 4.70. The molecule has 1 aromatic carbocycles. The van der Waals surface area contributed by atoms with Gasteiger partial charge in [0.25, 0.3) is 5.91 Å². The molecule has 1 heterocycles. The molecule has 27 heavy (non-hydrogen) atoms. The second-order valence-electron chi connectivity index (χ2n) is 6.97. The molecule has 1 aliphatic heterocycles. The van der Waals surface area contributed by atoms with Crippen LogP contribution in [0.4, 0.5) is 0 Å². The van der Waals surface area contributed by atoms with Gasteiger partial charge in [0.15, 0.2) is 0 Å². The highest BCUT2D eigenvalue weighted by atomic mass is 16.5. The van der Waals surface area contributed by atoms with Crippen LogP contribution in [-0.2, 0) is 11.3 Å². The maximum atomic E-state index is 12.6. The molecule has 0 spiro atoms. The van der Waals surface area contributed by atoms with Crippen molar-refractivity contribution in [2.75, 3.05) is 20.4 Å². The number of hydrogen-bond donors (Lipinski definition) is 2. The zero-order valence-corrected chi connectivity index (χ0v) is 16.1. The van der Waals surface area contributed by atoms with Gasteiger partial charge in [0.1, 0.15) is 5.75 Å². The van der Waals surface area contributed by atoms with Crippen molar-refractivity contribution in [2.24, 2.45) is 0 Å². The molecular formula is C22H28N2O3. The lowest BCUT2D eigenvalue weighted by Gasteiger charge is -2.14. The van der Waals surface area contributed by atoms with Crippen molar-refractivity contribution in [3.05, 3.63) is 65.3 Å². The fraction of sp³-hybridized carbons (Fsp3) is 0.409. The van der Waals surface area contributed by atoms with Crippen LogP contribution in [0, 0.1) is 0 Å². The number of carbonyl (C=O) groups is 1. The van der Waals surface area contributed by atoms with Gasteiger partial charge >= 0.3 is 0 Å². The first-order valence-electron chi connectivity index (χ1n) is 9.45. The van der Waals surface area contributed by atoms with Crippen LogP contribution in [-0.4, -0.2) is 32.3 Å². The van der Waals surface area contributed by atoms with Crippen molar-refractivity contribution in [1.82, 2.24) is 10.6 Å². The first kappa shape index (κ1) is 19.4. The van der Waals surface area contributed by atoms with E-state index in [1.54, 1.807) is 0 Å². The maximum absolute atomic E-state index is 12.6. The van der Waals surface area contributed by atoms with Crippen LogP contribution in [0.15, 0.2) is 48.6 Å². The minimum absolute atomic E-state index is 0.0316. The van der Waals surface area contributed by atoms with Gasteiger partial charge in [-0.05, 0) is 44.5 Å². The molecule has 1 fully saturated rings. The van der Waals surface area contributed by atoms with Crippen LogP contribution in [0.3, 0.4) is 0 Å². The second-order valence-corrected chi connectivity index (χ2v) is 6.97. The Labute approximate surface area is 161 Å². The fourth-order valence-electron chi connectivity index (χ4n) is 3.12. The summed E-state index contributed by atoms with van der Waals surface area (Å²) < 4.78 is 11.6. The summed E-state index contributed by atoms with van der Waals surface area (Å²) in [4.78, 5) is 12.6. The quantitative estimate of drug-likeness (QED) is 0.398. The van der Waals surface area contributed by atoms with Crippen LogP contribution in [0.1, 0.15) is 47.2 Å². The van der Waals surface area contributed by atoms with Crippen LogP contribution in [0.2, 0.25) is 0 Å². The number of allylic oxidation sites excluding steroid dienone is 4. The molecule has 1 atom stereocenters. The summed E-state index contributed by atoms with van der Waals surface area (Å²) in [6.07, 6.45) is 10.0. The molecule has 5 heteroatoms. The van der Waals surface area contributed by atoms with Gasteiger partial charge in [0.05, 0.1) is 19.9 Å². The number of hydrogen-bond acceptors (Lipinski definition) is 4. The second kappa shape index (κ2) is 9.02. The third kappa shape index (κ3) is 4.87. The molecule has 0 aromatic heterocycles. The average molecular weight is 368 g/mol. The number of amides is 1. The smallest absolute Gasteiger partial charge is 0.251 e. The molecule has 0 unspecified atom stereocenters. The van der Waals surface area contributed by atoms with Gasteiger partial charge in [0, 0.05) is 28.7 Å². The molecule has 0 radical (unpaired) electrons. The van der Waals surface area contributed by atoms with Gasteiger partial charge in [-0.15, -0.1) is 0 Å². The SMILES string of the molecule is C=C(/C=C\C=C/C)[C@H]1COc2c(COCNC)cc(C(=O)NC3CC3)cc21. The topological polar surface area (TPSA) is 59.6 Å². The summed E-state index contributed by atoms with van der Waals surface area (Å²) in [7, 11) is 1.83. The van der Waals surface area contributed by atoms with Gasteiger partial charge in [-0.3, -0.25) is 10.1 Å². The lowest BCUT2D eigenvalue weighted by molar-refractivity contribution is 0.0949. The number of carbonyl (C=O) groups excluding carboxylic acids is 1. The van der Waals surface area contributed by atoms with E-state index in [9.17, 15) is 4.79 Å². The Kier molecular flexibility index (Phi) is 6.48. The molecule has 0 bridgehead atoms. The van der Waals surface area contributed by atoms with E-state index in [-0.39, 0.29) is 11.8 Å². The number of rotatable bonds is 9. The molecule has 1 aliphatic carbocycles. The molecule has 1 aromatic rings. The van der Waals surface area contributed by atoms with Crippen molar-refractivity contribution in [1.29, 1.82) is 0 Å². The number of fused-ring (bicyclic) bond motifs is 1. The van der Waals surface area contributed by atoms with Crippen molar-refractivity contribution in [3.63, 3.8) is 0 Å². The molecule has 2 N–H and O–H groups in total. The standard InChI is InChI=1S/C22H28N2O3/c1-4-5-6-7-15(2)20-13-27-21-17(12-26-14-23-3)10-16(11-19(20)21)22(25)24-18-8-9-18/h4-7,10-11,18,20,23H,2,8-9,12-14H2,1,3H3,(H,24,25)/b5-4-,7-6-/t20-/m1/s1. The average Bonchev–Trinajstić information content (AvgIpc) is 3.37. The predicted octanol–water partition coefficient (Wildman–Crippen LogP) is 3.44. The Morgan fingerprint density at radius 1 is 1.37 bits per heavy atom. The first-order valence-corrected chi connectivity index (χ1v) is 9.45. The van der Waals surface area contributed by atoms with Crippen molar-refractivity contribution in [2.45, 2.75) is 38.3 Å². The third-order valence-corrected chi connectivity index (χ3v) is 4.70. The minimum Gasteiger partial charge on any atom is -0.492 e. The van der Waals surface area contributed by atoms with Crippen LogP contribution in [0.25, 0.3) is 0 Å². The van der Waals surface area contributed by atoms with Gasteiger partial charge in [0.2, 0.25) is 0 Å². The monoisotopic (exact) mass is 368 g/mol. The Morgan fingerprint density at radius 3 is 2.89 bits per heavy atom. The largest absolute Gasteiger partial charge is 0.492 e. The molecule has 3 rings (SSSR count). The number of ether oxygens (including phenoxy) is 2. The fourth-order valence-corrected chi connectivity index (χ4v) is 3.12. The normalized spacial score (nSPS) is 18.7. The predicted molar refractivity (Wildman–Crippen MR) is 107 cm³/mol. The van der Waals surface area contributed by atoms with Gasteiger partial charge in [-0.25, -0.2) is 0 Å². The summed E-state index contributed by atoms with van der Waals surface area (Å²) in [5.41, 5.74) is 3.53. The van der Waals surface area contributed by atoms with E-state index < -0.39 is 0 Å². The Morgan fingerprint density at radius 2 is 2.19 bits per heavy atom. The van der Waals surface area contributed by atoms with Gasteiger partial charge in [-0.2, -0.15) is 0 Å².